The third-order valence-corrected chi connectivity index (χ3v) is 7.58. The lowest BCUT2D eigenvalue weighted by atomic mass is 10.0. The Morgan fingerprint density at radius 1 is 1.29 bits per heavy atom. The number of nitrogens with zero attached hydrogens (tertiary/aromatic N) is 3. The van der Waals surface area contributed by atoms with Crippen LogP contribution in [0.4, 0.5) is 0 Å². The topological polar surface area (TPSA) is 90.4 Å². The Morgan fingerprint density at radius 2 is 2.12 bits per heavy atom. The number of aromatic hydroxyl groups is 1. The van der Waals surface area contributed by atoms with E-state index in [2.05, 4.69) is 4.98 Å². The van der Waals surface area contributed by atoms with Gasteiger partial charge in [-0.3, -0.25) is 9.36 Å². The molecule has 0 spiro atoms. The second-order valence-electron chi connectivity index (χ2n) is 8.47. The summed E-state index contributed by atoms with van der Waals surface area (Å²) >= 11 is 7.39. The molecule has 0 unspecified atom stereocenters. The molecule has 1 saturated carbocycles. The van der Waals surface area contributed by atoms with Crippen LogP contribution in [0.2, 0.25) is 5.02 Å². The highest BCUT2D eigenvalue weighted by Gasteiger charge is 2.29. The summed E-state index contributed by atoms with van der Waals surface area (Å²) in [5, 5.41) is 11.8. The fourth-order valence-corrected chi connectivity index (χ4v) is 5.67. The molecule has 5 aromatic rings. The van der Waals surface area contributed by atoms with Gasteiger partial charge in [-0.05, 0) is 55.5 Å². The number of hydrogen-bond acceptors (Lipinski definition) is 7. The van der Waals surface area contributed by atoms with Crippen LogP contribution in [0, 0.1) is 6.92 Å². The van der Waals surface area contributed by atoms with Gasteiger partial charge < -0.3 is 14.3 Å². The number of hydrogen-bond donors (Lipinski definition) is 1. The van der Waals surface area contributed by atoms with Crippen LogP contribution in [-0.2, 0) is 6.54 Å². The normalized spacial score (nSPS) is 13.7. The van der Waals surface area contributed by atoms with Crippen LogP contribution in [0.5, 0.6) is 11.5 Å². The lowest BCUT2D eigenvalue weighted by Gasteiger charge is -2.15. The number of oxazole rings is 1. The van der Waals surface area contributed by atoms with E-state index in [1.165, 1.54) is 11.3 Å². The highest BCUT2D eigenvalue weighted by molar-refractivity contribution is 7.25. The number of halogens is 1. The maximum Gasteiger partial charge on any atom is 0.263 e. The fraction of sp³-hybridized carbons (Fsp3) is 0.240. The number of methoxy groups -OCH3 is 1. The first-order valence-corrected chi connectivity index (χ1v) is 12.1. The van der Waals surface area contributed by atoms with Crippen molar-refractivity contribution in [1.82, 2.24) is 14.5 Å². The molecule has 7 nitrogen and oxygen atoms in total. The zero-order valence-corrected chi connectivity index (χ0v) is 20.0. The summed E-state index contributed by atoms with van der Waals surface area (Å²) in [6, 6.07) is 9.21. The molecule has 1 fully saturated rings. The average molecular weight is 494 g/mol. The van der Waals surface area contributed by atoms with Crippen LogP contribution in [0.1, 0.15) is 36.0 Å². The molecule has 0 atom stereocenters. The quantitative estimate of drug-likeness (QED) is 0.329. The molecular weight excluding hydrogens is 474 g/mol. The summed E-state index contributed by atoms with van der Waals surface area (Å²) < 4.78 is 13.3. The number of phenols is 1. The fourth-order valence-electron chi connectivity index (χ4n) is 4.35. The number of rotatable bonds is 5. The lowest BCUT2D eigenvalue weighted by Crippen LogP contribution is -2.24. The Morgan fingerprint density at radius 3 is 2.82 bits per heavy atom. The zero-order valence-electron chi connectivity index (χ0n) is 18.5. The molecule has 172 valence electrons. The number of phenolic OH excluding ortho intramolecular Hbond substituents is 1. The van der Waals surface area contributed by atoms with E-state index >= 15 is 0 Å². The monoisotopic (exact) mass is 493 g/mol. The largest absolute Gasteiger partial charge is 0.505 e. The maximum absolute atomic E-state index is 13.9. The van der Waals surface area contributed by atoms with E-state index in [0.29, 0.717) is 43.7 Å². The molecule has 2 aromatic carbocycles. The van der Waals surface area contributed by atoms with Crippen molar-refractivity contribution in [3.8, 4) is 22.9 Å². The maximum atomic E-state index is 13.9. The minimum absolute atomic E-state index is 0.0406. The summed E-state index contributed by atoms with van der Waals surface area (Å²) in [6.07, 6.45) is 3.80. The van der Waals surface area contributed by atoms with Gasteiger partial charge in [0.2, 0.25) is 5.89 Å². The number of fused-ring (bicyclic) bond motifs is 3. The summed E-state index contributed by atoms with van der Waals surface area (Å²) in [6.45, 7) is 1.95. The van der Waals surface area contributed by atoms with Crippen LogP contribution < -0.4 is 10.3 Å². The Bertz CT molecular complexity index is 1650. The third kappa shape index (κ3) is 3.36. The second-order valence-corrected chi connectivity index (χ2v) is 9.88. The van der Waals surface area contributed by atoms with Gasteiger partial charge in [0.05, 0.1) is 28.4 Å². The van der Waals surface area contributed by atoms with E-state index in [-0.39, 0.29) is 22.9 Å². The summed E-state index contributed by atoms with van der Waals surface area (Å²) in [7, 11) is 1.64. The first-order chi connectivity index (χ1) is 16.4. The molecule has 0 radical (unpaired) electrons. The van der Waals surface area contributed by atoms with Crippen LogP contribution in [-0.4, -0.2) is 26.8 Å². The molecule has 9 heteroatoms. The minimum Gasteiger partial charge on any atom is -0.505 e. The van der Waals surface area contributed by atoms with Gasteiger partial charge in [-0.1, -0.05) is 17.7 Å². The van der Waals surface area contributed by atoms with E-state index in [9.17, 15) is 9.90 Å². The van der Waals surface area contributed by atoms with Crippen LogP contribution in [0.3, 0.4) is 0 Å². The SMILES string of the molecule is COc1ccc(-c2nc3sc4c(O)c(Cl)ccc4c3c(=O)n2Cc2ncc(C)o2)c(C2CC2)c1. The van der Waals surface area contributed by atoms with Crippen molar-refractivity contribution in [2.24, 2.45) is 0 Å². The molecule has 0 saturated heterocycles. The number of aryl methyl sites for hydroxylation is 1. The van der Waals surface area contributed by atoms with Crippen molar-refractivity contribution in [2.45, 2.75) is 32.2 Å². The highest BCUT2D eigenvalue weighted by atomic mass is 35.5. The Hall–Kier alpha value is -3.36. The van der Waals surface area contributed by atoms with E-state index in [4.69, 9.17) is 25.7 Å². The average Bonchev–Trinajstić information content (AvgIpc) is 3.50. The van der Waals surface area contributed by atoms with Gasteiger partial charge in [0, 0.05) is 10.9 Å². The van der Waals surface area contributed by atoms with Crippen molar-refractivity contribution in [2.75, 3.05) is 7.11 Å². The molecule has 1 aliphatic carbocycles. The molecule has 6 rings (SSSR count). The van der Waals surface area contributed by atoms with Crippen LogP contribution in [0.25, 0.3) is 31.7 Å². The molecular formula is C25H20ClN3O4S. The van der Waals surface area contributed by atoms with Crippen molar-refractivity contribution < 1.29 is 14.3 Å². The standard InChI is InChI=1S/C25H20ClN3O4S/c1-12-10-27-19(33-12)11-29-23(15-6-5-14(32-2)9-17(15)13-3-4-13)28-24-20(25(29)31)16-7-8-18(26)21(30)22(16)34-24/h5-10,13,30H,3-4,11H2,1-2H3. The number of thiophene rings is 1. The first-order valence-electron chi connectivity index (χ1n) is 10.9. The summed E-state index contributed by atoms with van der Waals surface area (Å²) in [5.74, 6) is 2.76. The van der Waals surface area contributed by atoms with E-state index < -0.39 is 0 Å². The van der Waals surface area contributed by atoms with E-state index in [0.717, 1.165) is 29.7 Å². The Kier molecular flexibility index (Phi) is 4.89. The number of benzene rings is 2. The van der Waals surface area contributed by atoms with Gasteiger partial charge in [-0.15, -0.1) is 11.3 Å². The molecule has 0 bridgehead atoms. The van der Waals surface area contributed by atoms with Gasteiger partial charge in [-0.2, -0.15) is 0 Å². The van der Waals surface area contributed by atoms with Gasteiger partial charge in [0.25, 0.3) is 5.56 Å². The Balaban J connectivity index is 1.67. The third-order valence-electron chi connectivity index (χ3n) is 6.17. The second kappa shape index (κ2) is 7.85. The van der Waals surface area contributed by atoms with Crippen LogP contribution >= 0.6 is 22.9 Å². The van der Waals surface area contributed by atoms with Gasteiger partial charge in [0.15, 0.2) is 5.75 Å². The van der Waals surface area contributed by atoms with Gasteiger partial charge in [-0.25, -0.2) is 9.97 Å². The van der Waals surface area contributed by atoms with Crippen molar-refractivity contribution in [3.63, 3.8) is 0 Å². The molecule has 34 heavy (non-hydrogen) atoms. The van der Waals surface area contributed by atoms with Crippen molar-refractivity contribution >= 4 is 43.2 Å². The molecule has 3 heterocycles. The number of ether oxygens (including phenoxy) is 1. The predicted octanol–water partition coefficient (Wildman–Crippen LogP) is 5.87. The van der Waals surface area contributed by atoms with Gasteiger partial charge >= 0.3 is 0 Å². The summed E-state index contributed by atoms with van der Waals surface area (Å²) in [5.41, 5.74) is 1.77. The molecule has 0 aliphatic heterocycles. The Labute approximate surface area is 203 Å². The van der Waals surface area contributed by atoms with E-state index in [1.54, 1.807) is 30.0 Å². The molecule has 0 amide bonds. The zero-order chi connectivity index (χ0) is 23.6. The van der Waals surface area contributed by atoms with Crippen molar-refractivity contribution in [3.05, 3.63) is 69.1 Å². The number of aromatic nitrogens is 3. The van der Waals surface area contributed by atoms with Gasteiger partial charge in [0.1, 0.15) is 28.7 Å². The summed E-state index contributed by atoms with van der Waals surface area (Å²) in [4.78, 5) is 23.8. The molecule has 3 aromatic heterocycles. The molecule has 1 aliphatic rings. The van der Waals surface area contributed by atoms with Crippen LogP contribution in [0.15, 0.2) is 45.7 Å². The predicted molar refractivity (Wildman–Crippen MR) is 132 cm³/mol. The smallest absolute Gasteiger partial charge is 0.263 e. The minimum atomic E-state index is -0.221. The van der Waals surface area contributed by atoms with E-state index in [1.807, 2.05) is 25.1 Å². The highest BCUT2D eigenvalue weighted by Crippen LogP contribution is 2.46. The lowest BCUT2D eigenvalue weighted by molar-refractivity contribution is 0.414. The first kappa shape index (κ1) is 21.2. The van der Waals surface area contributed by atoms with Crippen molar-refractivity contribution in [1.29, 1.82) is 0 Å². The molecule has 1 N–H and O–H groups in total.